The van der Waals surface area contributed by atoms with E-state index in [1.165, 1.54) is 0 Å². The molecule has 2 saturated carbocycles. The average Bonchev–Trinajstić information content (AvgIpc) is 3.13. The molecule has 1 heterocycles. The fourth-order valence-electron chi connectivity index (χ4n) is 3.82. The van der Waals surface area contributed by atoms with Gasteiger partial charge in [-0.05, 0) is 37.5 Å². The van der Waals surface area contributed by atoms with Crippen LogP contribution in [0, 0.1) is 17.8 Å². The average molecular weight is 292 g/mol. The summed E-state index contributed by atoms with van der Waals surface area (Å²) in [5.41, 5.74) is 0. The van der Waals surface area contributed by atoms with Crippen molar-refractivity contribution in [3.63, 3.8) is 0 Å². The Morgan fingerprint density at radius 3 is 2.86 bits per heavy atom. The predicted octanol–water partition coefficient (Wildman–Crippen LogP) is 0.986. The molecule has 21 heavy (non-hydrogen) atoms. The van der Waals surface area contributed by atoms with Gasteiger partial charge in [0.05, 0.1) is 5.92 Å². The Kier molecular flexibility index (Phi) is 3.65. The first-order chi connectivity index (χ1) is 10.1. The number of rotatable bonds is 5. The molecule has 1 aromatic heterocycles. The molecular weight excluding hydrogens is 272 g/mol. The van der Waals surface area contributed by atoms with Crippen LogP contribution in [0.25, 0.3) is 0 Å². The van der Waals surface area contributed by atoms with Crippen molar-refractivity contribution in [2.45, 2.75) is 45.1 Å². The summed E-state index contributed by atoms with van der Waals surface area (Å²) in [4.78, 5) is 27.8. The van der Waals surface area contributed by atoms with Crippen LogP contribution in [0.4, 0.5) is 0 Å². The third-order valence-corrected chi connectivity index (χ3v) is 4.72. The van der Waals surface area contributed by atoms with E-state index in [2.05, 4.69) is 20.5 Å². The van der Waals surface area contributed by atoms with Crippen molar-refractivity contribution in [2.75, 3.05) is 0 Å². The quantitative estimate of drug-likeness (QED) is 0.750. The van der Waals surface area contributed by atoms with Gasteiger partial charge >= 0.3 is 5.97 Å². The first-order valence-electron chi connectivity index (χ1n) is 7.55. The maximum atomic E-state index is 12.2. The highest BCUT2D eigenvalue weighted by atomic mass is 16.4. The van der Waals surface area contributed by atoms with Crippen LogP contribution in [0.1, 0.15) is 49.1 Å². The Bertz CT molecular complexity index is 556. The molecule has 7 heteroatoms. The second kappa shape index (κ2) is 5.46. The van der Waals surface area contributed by atoms with Gasteiger partial charge in [-0.15, -0.1) is 5.10 Å². The summed E-state index contributed by atoms with van der Waals surface area (Å²) in [6.07, 6.45) is 4.51. The first kappa shape index (κ1) is 14.0. The molecule has 1 amide bonds. The van der Waals surface area contributed by atoms with Crippen LogP contribution in [-0.2, 0) is 11.2 Å². The molecule has 114 valence electrons. The minimum atomic E-state index is -0.811. The van der Waals surface area contributed by atoms with Gasteiger partial charge in [-0.25, -0.2) is 4.98 Å². The number of aromatic nitrogens is 3. The van der Waals surface area contributed by atoms with Crippen LogP contribution < -0.4 is 5.32 Å². The van der Waals surface area contributed by atoms with Gasteiger partial charge in [0.1, 0.15) is 5.82 Å². The molecule has 4 atom stereocenters. The van der Waals surface area contributed by atoms with Crippen molar-refractivity contribution in [2.24, 2.45) is 17.8 Å². The maximum Gasteiger partial charge on any atom is 0.308 e. The third-order valence-electron chi connectivity index (χ3n) is 4.72. The minimum Gasteiger partial charge on any atom is -0.481 e. The zero-order valence-corrected chi connectivity index (χ0v) is 12.0. The Hall–Kier alpha value is -1.92. The van der Waals surface area contributed by atoms with Crippen molar-refractivity contribution >= 4 is 11.9 Å². The molecule has 1 aromatic rings. The fourth-order valence-corrected chi connectivity index (χ4v) is 3.82. The molecule has 2 bridgehead atoms. The van der Waals surface area contributed by atoms with Gasteiger partial charge in [-0.3, -0.25) is 14.7 Å². The highest BCUT2D eigenvalue weighted by Gasteiger charge is 2.51. The van der Waals surface area contributed by atoms with E-state index in [-0.39, 0.29) is 29.6 Å². The summed E-state index contributed by atoms with van der Waals surface area (Å²) in [7, 11) is 0. The molecule has 3 N–H and O–H groups in total. The largest absolute Gasteiger partial charge is 0.481 e. The van der Waals surface area contributed by atoms with Crippen LogP contribution in [0.3, 0.4) is 0 Å². The number of carbonyl (C=O) groups excluding carboxylic acids is 1. The number of H-pyrrole nitrogens is 1. The van der Waals surface area contributed by atoms with Gasteiger partial charge in [0.15, 0.2) is 0 Å². The second-order valence-electron chi connectivity index (χ2n) is 6.05. The van der Waals surface area contributed by atoms with Gasteiger partial charge in [0.2, 0.25) is 5.82 Å². The van der Waals surface area contributed by atoms with E-state index >= 15 is 0 Å². The maximum absolute atomic E-state index is 12.2. The van der Waals surface area contributed by atoms with E-state index in [9.17, 15) is 14.7 Å². The number of carboxylic acids is 1. The highest BCUT2D eigenvalue weighted by molar-refractivity contribution is 5.91. The number of fused-ring (bicyclic) bond motifs is 2. The number of aromatic amines is 1. The Labute approximate surface area is 122 Å². The standard InChI is InChI=1S/C14H20N4O3/c1-2-3-9-15-12(18-17-9)13(19)16-11-8-5-4-7(6-8)10(11)14(20)21/h7-8,10-11H,2-6H2,1H3,(H,16,19)(H,20,21)(H,15,17,18). The van der Waals surface area contributed by atoms with Gasteiger partial charge in [0.25, 0.3) is 5.91 Å². The number of carbonyl (C=O) groups is 2. The number of carboxylic acid groups (broad SMARTS) is 1. The van der Waals surface area contributed by atoms with Gasteiger partial charge in [0, 0.05) is 12.5 Å². The van der Waals surface area contributed by atoms with Gasteiger partial charge in [-0.1, -0.05) is 6.92 Å². The number of nitrogens with one attached hydrogen (secondary N) is 2. The number of aryl methyl sites for hydroxylation is 1. The molecule has 0 saturated heterocycles. The summed E-state index contributed by atoms with van der Waals surface area (Å²) in [5.74, 6) is -0.404. The van der Waals surface area contributed by atoms with Crippen LogP contribution in [0.5, 0.6) is 0 Å². The number of aliphatic carboxylic acids is 1. The van der Waals surface area contributed by atoms with Crippen molar-refractivity contribution in [3.8, 4) is 0 Å². The Morgan fingerprint density at radius 2 is 2.14 bits per heavy atom. The molecular formula is C14H20N4O3. The van der Waals surface area contributed by atoms with E-state index < -0.39 is 11.9 Å². The summed E-state index contributed by atoms with van der Waals surface area (Å²) in [5, 5.41) is 18.9. The molecule has 0 radical (unpaired) electrons. The van der Waals surface area contributed by atoms with Gasteiger partial charge < -0.3 is 10.4 Å². The van der Waals surface area contributed by atoms with Crippen LogP contribution in [0.2, 0.25) is 0 Å². The van der Waals surface area contributed by atoms with E-state index in [0.29, 0.717) is 5.82 Å². The minimum absolute atomic E-state index is 0.102. The summed E-state index contributed by atoms with van der Waals surface area (Å²) >= 11 is 0. The van der Waals surface area contributed by atoms with Crippen molar-refractivity contribution in [1.29, 1.82) is 0 Å². The molecule has 0 aliphatic heterocycles. The summed E-state index contributed by atoms with van der Waals surface area (Å²) in [6, 6.07) is -0.290. The lowest BCUT2D eigenvalue weighted by atomic mass is 9.84. The number of amides is 1. The predicted molar refractivity (Wildman–Crippen MR) is 73.6 cm³/mol. The molecule has 2 fully saturated rings. The normalized spacial score (nSPS) is 30.5. The lowest BCUT2D eigenvalue weighted by Crippen LogP contribution is -2.47. The zero-order valence-electron chi connectivity index (χ0n) is 12.0. The number of nitrogens with zero attached hydrogens (tertiary/aromatic N) is 2. The van der Waals surface area contributed by atoms with E-state index in [4.69, 9.17) is 0 Å². The Morgan fingerprint density at radius 1 is 1.38 bits per heavy atom. The molecule has 4 unspecified atom stereocenters. The molecule has 2 aliphatic rings. The topological polar surface area (TPSA) is 108 Å². The SMILES string of the molecule is CCCc1nc(C(=O)NC2C3CCC(C3)C2C(=O)O)n[nH]1. The lowest BCUT2D eigenvalue weighted by molar-refractivity contribution is -0.144. The lowest BCUT2D eigenvalue weighted by Gasteiger charge is -2.28. The summed E-state index contributed by atoms with van der Waals surface area (Å²) < 4.78 is 0. The zero-order chi connectivity index (χ0) is 15.0. The third kappa shape index (κ3) is 2.52. The highest BCUT2D eigenvalue weighted by Crippen LogP contribution is 2.48. The van der Waals surface area contributed by atoms with E-state index in [1.54, 1.807) is 0 Å². The number of hydrogen-bond acceptors (Lipinski definition) is 4. The molecule has 0 spiro atoms. The molecule has 2 aliphatic carbocycles. The molecule has 7 nitrogen and oxygen atoms in total. The number of hydrogen-bond donors (Lipinski definition) is 3. The van der Waals surface area contributed by atoms with E-state index in [0.717, 1.165) is 32.1 Å². The Balaban J connectivity index is 1.70. The summed E-state index contributed by atoms with van der Waals surface area (Å²) in [6.45, 7) is 2.02. The van der Waals surface area contributed by atoms with E-state index in [1.807, 2.05) is 6.92 Å². The fraction of sp³-hybridized carbons (Fsp3) is 0.714. The van der Waals surface area contributed by atoms with Crippen molar-refractivity contribution < 1.29 is 14.7 Å². The van der Waals surface area contributed by atoms with Crippen LogP contribution in [-0.4, -0.2) is 38.2 Å². The van der Waals surface area contributed by atoms with Crippen molar-refractivity contribution in [1.82, 2.24) is 20.5 Å². The molecule has 0 aromatic carbocycles. The molecule has 3 rings (SSSR count). The van der Waals surface area contributed by atoms with Crippen molar-refractivity contribution in [3.05, 3.63) is 11.6 Å². The van der Waals surface area contributed by atoms with Gasteiger partial charge in [-0.2, -0.15) is 0 Å². The monoisotopic (exact) mass is 292 g/mol. The van der Waals surface area contributed by atoms with Crippen LogP contribution >= 0.6 is 0 Å². The van der Waals surface area contributed by atoms with Crippen LogP contribution in [0.15, 0.2) is 0 Å². The smallest absolute Gasteiger partial charge is 0.308 e. The second-order valence-corrected chi connectivity index (χ2v) is 6.05. The first-order valence-corrected chi connectivity index (χ1v) is 7.55.